The Hall–Kier alpha value is -2.93. The molecule has 1 heterocycles. The summed E-state index contributed by atoms with van der Waals surface area (Å²) in [5.41, 5.74) is 1.60. The molecule has 0 spiro atoms. The first kappa shape index (κ1) is 18.4. The summed E-state index contributed by atoms with van der Waals surface area (Å²) in [5.74, 6) is 2.10. The van der Waals surface area contributed by atoms with Crippen molar-refractivity contribution in [1.82, 2.24) is 14.8 Å². The minimum absolute atomic E-state index is 0. The normalized spacial score (nSPS) is 10.2. The zero-order chi connectivity index (χ0) is 17.3. The third-order valence-corrected chi connectivity index (χ3v) is 3.81. The molecule has 0 radical (unpaired) electrons. The quantitative estimate of drug-likeness (QED) is 0.742. The maximum atomic E-state index is 9.60. The Balaban J connectivity index is 0.00000225. The number of methoxy groups -OCH3 is 1. The second-order valence-electron chi connectivity index (χ2n) is 5.34. The van der Waals surface area contributed by atoms with Crippen LogP contribution in [0.3, 0.4) is 0 Å². The van der Waals surface area contributed by atoms with E-state index in [-0.39, 0.29) is 23.9 Å². The second kappa shape index (κ2) is 7.31. The highest BCUT2D eigenvalue weighted by Gasteiger charge is 2.18. The fourth-order valence-electron chi connectivity index (χ4n) is 2.50. The maximum Gasteiger partial charge on any atom is 0.231 e. The Kier molecular flexibility index (Phi) is 5.38. The molecule has 1 aromatic heterocycles. The molecule has 0 aliphatic rings. The molecule has 25 heavy (non-hydrogen) atoms. The molecule has 0 saturated heterocycles. The molecule has 0 saturated carbocycles. The van der Waals surface area contributed by atoms with Crippen molar-refractivity contribution in [2.24, 2.45) is 7.05 Å². The maximum absolute atomic E-state index is 9.60. The van der Waals surface area contributed by atoms with Gasteiger partial charge >= 0.3 is 0 Å². The van der Waals surface area contributed by atoms with Crippen molar-refractivity contribution in [1.29, 1.82) is 0 Å². The molecule has 0 aliphatic carbocycles. The van der Waals surface area contributed by atoms with Crippen molar-refractivity contribution in [3.05, 3.63) is 42.5 Å². The van der Waals surface area contributed by atoms with Gasteiger partial charge in [0.05, 0.1) is 12.7 Å². The third kappa shape index (κ3) is 3.46. The number of phenols is 2. The monoisotopic (exact) mass is 362 g/mol. The van der Waals surface area contributed by atoms with Gasteiger partial charge in [0, 0.05) is 25.8 Å². The molecule has 2 aromatic carbocycles. The van der Waals surface area contributed by atoms with E-state index >= 15 is 0 Å². The topological polar surface area (TPSA) is 83.6 Å². The van der Waals surface area contributed by atoms with E-state index in [1.54, 1.807) is 36.4 Å². The molecule has 132 valence electrons. The predicted octanol–water partition coefficient (Wildman–Crippen LogP) is 3.09. The minimum atomic E-state index is 0. The van der Waals surface area contributed by atoms with E-state index in [9.17, 15) is 10.2 Å². The summed E-state index contributed by atoms with van der Waals surface area (Å²) in [5, 5.41) is 27.5. The molecule has 3 aromatic rings. The largest absolute Gasteiger partial charge is 0.508 e. The number of benzene rings is 2. The summed E-state index contributed by atoms with van der Waals surface area (Å²) in [6.07, 6.45) is 0. The number of hydrogen-bond acceptors (Lipinski definition) is 6. The Morgan fingerprint density at radius 3 is 2.28 bits per heavy atom. The van der Waals surface area contributed by atoms with Crippen LogP contribution in [-0.4, -0.2) is 39.1 Å². The lowest BCUT2D eigenvalue weighted by Gasteiger charge is -2.18. The molecular formula is C17H19ClN4O3. The van der Waals surface area contributed by atoms with Gasteiger partial charge < -0.3 is 19.8 Å². The molecule has 0 fully saturated rings. The highest BCUT2D eigenvalue weighted by Crippen LogP contribution is 2.33. The first-order valence-corrected chi connectivity index (χ1v) is 7.31. The van der Waals surface area contributed by atoms with Crippen LogP contribution in [0.25, 0.3) is 11.4 Å². The average molecular weight is 363 g/mol. The van der Waals surface area contributed by atoms with Crippen molar-refractivity contribution in [2.45, 2.75) is 0 Å². The van der Waals surface area contributed by atoms with Gasteiger partial charge in [-0.1, -0.05) is 0 Å². The second-order valence-corrected chi connectivity index (χ2v) is 5.34. The van der Waals surface area contributed by atoms with Crippen LogP contribution in [0, 0.1) is 0 Å². The van der Waals surface area contributed by atoms with E-state index in [1.165, 1.54) is 13.2 Å². The average Bonchev–Trinajstić information content (AvgIpc) is 2.96. The van der Waals surface area contributed by atoms with Crippen LogP contribution in [0.2, 0.25) is 0 Å². The van der Waals surface area contributed by atoms with Crippen molar-refractivity contribution >= 4 is 24.0 Å². The van der Waals surface area contributed by atoms with Gasteiger partial charge in [-0.15, -0.1) is 22.6 Å². The van der Waals surface area contributed by atoms with E-state index in [0.717, 1.165) is 11.3 Å². The van der Waals surface area contributed by atoms with Gasteiger partial charge in [-0.05, 0) is 36.4 Å². The van der Waals surface area contributed by atoms with Crippen LogP contribution in [0.5, 0.6) is 17.2 Å². The number of nitrogens with zero attached hydrogens (tertiary/aromatic N) is 4. The van der Waals surface area contributed by atoms with Gasteiger partial charge in [-0.25, -0.2) is 0 Å². The summed E-state index contributed by atoms with van der Waals surface area (Å²) in [7, 11) is 5.26. The Morgan fingerprint density at radius 1 is 1.00 bits per heavy atom. The fraction of sp³-hybridized carbons (Fsp3) is 0.176. The summed E-state index contributed by atoms with van der Waals surface area (Å²) in [6.45, 7) is 0. The van der Waals surface area contributed by atoms with Gasteiger partial charge in [-0.3, -0.25) is 4.57 Å². The molecule has 0 bridgehead atoms. The first-order valence-electron chi connectivity index (χ1n) is 7.31. The highest BCUT2D eigenvalue weighted by atomic mass is 35.5. The lowest BCUT2D eigenvalue weighted by molar-refractivity contribution is 0.409. The van der Waals surface area contributed by atoms with Crippen molar-refractivity contribution in [3.8, 4) is 28.6 Å². The summed E-state index contributed by atoms with van der Waals surface area (Å²) < 4.78 is 7.16. The molecule has 0 atom stereocenters. The summed E-state index contributed by atoms with van der Waals surface area (Å²) >= 11 is 0. The van der Waals surface area contributed by atoms with Gasteiger partial charge in [0.1, 0.15) is 17.2 Å². The Labute approximate surface area is 151 Å². The summed E-state index contributed by atoms with van der Waals surface area (Å²) in [4.78, 5) is 1.86. The predicted molar refractivity (Wildman–Crippen MR) is 98.1 cm³/mol. The van der Waals surface area contributed by atoms with Crippen LogP contribution >= 0.6 is 12.4 Å². The number of aromatic hydroxyl groups is 2. The molecule has 0 amide bonds. The Bertz CT molecular complexity index is 865. The standard InChI is InChI=1S/C17H18N4O3.ClH/c1-20(11-4-6-12(22)7-5-11)17-19-18-16(21(17)2)14-9-8-13(23)10-15(14)24-3;/h4-10,22-23H,1-3H3;1H. The van der Waals surface area contributed by atoms with Crippen LogP contribution in [0.1, 0.15) is 0 Å². The summed E-state index contributed by atoms with van der Waals surface area (Å²) in [6, 6.07) is 11.7. The van der Waals surface area contributed by atoms with E-state index < -0.39 is 0 Å². The number of anilines is 2. The van der Waals surface area contributed by atoms with E-state index in [4.69, 9.17) is 4.74 Å². The van der Waals surface area contributed by atoms with Crippen LogP contribution < -0.4 is 9.64 Å². The zero-order valence-electron chi connectivity index (χ0n) is 14.0. The van der Waals surface area contributed by atoms with Crippen LogP contribution in [-0.2, 0) is 7.05 Å². The molecule has 7 nitrogen and oxygen atoms in total. The number of aromatic nitrogens is 3. The molecule has 3 rings (SSSR count). The SMILES string of the molecule is COc1cc(O)ccc1-c1nnc(N(C)c2ccc(O)cc2)n1C.Cl. The van der Waals surface area contributed by atoms with Crippen molar-refractivity contribution < 1.29 is 14.9 Å². The Morgan fingerprint density at radius 2 is 1.64 bits per heavy atom. The minimum Gasteiger partial charge on any atom is -0.508 e. The number of ether oxygens (including phenoxy) is 1. The molecule has 0 aliphatic heterocycles. The first-order chi connectivity index (χ1) is 11.5. The molecule has 2 N–H and O–H groups in total. The lowest BCUT2D eigenvalue weighted by atomic mass is 10.2. The smallest absolute Gasteiger partial charge is 0.231 e. The fourth-order valence-corrected chi connectivity index (χ4v) is 2.50. The lowest BCUT2D eigenvalue weighted by Crippen LogP contribution is -2.14. The number of phenolic OH excluding ortho intramolecular Hbond substituents is 2. The van der Waals surface area contributed by atoms with E-state index in [1.807, 2.05) is 23.6 Å². The van der Waals surface area contributed by atoms with Gasteiger partial charge in [0.15, 0.2) is 5.82 Å². The third-order valence-electron chi connectivity index (χ3n) is 3.81. The number of halogens is 1. The van der Waals surface area contributed by atoms with Crippen LogP contribution in [0.4, 0.5) is 11.6 Å². The van der Waals surface area contributed by atoms with Gasteiger partial charge in [-0.2, -0.15) is 0 Å². The van der Waals surface area contributed by atoms with Crippen molar-refractivity contribution in [2.75, 3.05) is 19.1 Å². The van der Waals surface area contributed by atoms with Gasteiger partial charge in [0.25, 0.3) is 0 Å². The van der Waals surface area contributed by atoms with Gasteiger partial charge in [0.2, 0.25) is 5.95 Å². The molecular weight excluding hydrogens is 344 g/mol. The highest BCUT2D eigenvalue weighted by molar-refractivity contribution is 5.85. The number of rotatable bonds is 4. The van der Waals surface area contributed by atoms with E-state index in [0.29, 0.717) is 17.5 Å². The zero-order valence-corrected chi connectivity index (χ0v) is 14.9. The molecule has 8 heteroatoms. The van der Waals surface area contributed by atoms with Crippen molar-refractivity contribution in [3.63, 3.8) is 0 Å². The van der Waals surface area contributed by atoms with E-state index in [2.05, 4.69) is 10.2 Å². The van der Waals surface area contributed by atoms with Crippen LogP contribution in [0.15, 0.2) is 42.5 Å². The molecule has 0 unspecified atom stereocenters. The number of hydrogen-bond donors (Lipinski definition) is 2.